The monoisotopic (exact) mass is 317 g/mol. The van der Waals surface area contributed by atoms with E-state index in [2.05, 4.69) is 4.98 Å². The van der Waals surface area contributed by atoms with E-state index in [-0.39, 0.29) is 30.1 Å². The lowest BCUT2D eigenvalue weighted by Gasteiger charge is -2.24. The zero-order valence-corrected chi connectivity index (χ0v) is 12.0. The van der Waals surface area contributed by atoms with Crippen LogP contribution in [0.3, 0.4) is 0 Å². The van der Waals surface area contributed by atoms with Crippen molar-refractivity contribution in [3.05, 3.63) is 58.9 Å². The molecule has 0 spiro atoms. The SMILES string of the molecule is N#Cc1cc(C(=O)N2C[C@@H](O)C[C@@H]2c2ccc(F)c(F)c2)c[nH]1. The fraction of sp³-hybridized carbons (Fsp3) is 0.250. The molecule has 0 bridgehead atoms. The van der Waals surface area contributed by atoms with Crippen molar-refractivity contribution in [3.8, 4) is 6.07 Å². The number of nitriles is 1. The number of aromatic amines is 1. The van der Waals surface area contributed by atoms with Gasteiger partial charge in [0.05, 0.1) is 17.7 Å². The topological polar surface area (TPSA) is 80.1 Å². The Hall–Kier alpha value is -2.72. The number of halogens is 2. The van der Waals surface area contributed by atoms with Crippen molar-refractivity contribution in [2.75, 3.05) is 6.54 Å². The van der Waals surface area contributed by atoms with E-state index in [4.69, 9.17) is 5.26 Å². The van der Waals surface area contributed by atoms with Gasteiger partial charge in [-0.25, -0.2) is 8.78 Å². The van der Waals surface area contributed by atoms with Crippen molar-refractivity contribution >= 4 is 5.91 Å². The van der Waals surface area contributed by atoms with Crippen LogP contribution >= 0.6 is 0 Å². The number of H-pyrrole nitrogens is 1. The van der Waals surface area contributed by atoms with Crippen molar-refractivity contribution < 1.29 is 18.7 Å². The van der Waals surface area contributed by atoms with Gasteiger partial charge in [-0.15, -0.1) is 0 Å². The molecule has 1 aliphatic heterocycles. The third-order valence-corrected chi connectivity index (χ3v) is 3.92. The Morgan fingerprint density at radius 3 is 2.78 bits per heavy atom. The highest BCUT2D eigenvalue weighted by Crippen LogP contribution is 2.34. The minimum atomic E-state index is -0.996. The van der Waals surface area contributed by atoms with Crippen molar-refractivity contribution in [2.45, 2.75) is 18.6 Å². The molecule has 7 heteroatoms. The van der Waals surface area contributed by atoms with Gasteiger partial charge >= 0.3 is 0 Å². The number of nitrogens with one attached hydrogen (secondary N) is 1. The van der Waals surface area contributed by atoms with Crippen LogP contribution in [0.2, 0.25) is 0 Å². The van der Waals surface area contributed by atoms with E-state index in [9.17, 15) is 18.7 Å². The lowest BCUT2D eigenvalue weighted by atomic mass is 10.0. The molecule has 1 aromatic carbocycles. The summed E-state index contributed by atoms with van der Waals surface area (Å²) in [5.41, 5.74) is 0.950. The van der Waals surface area contributed by atoms with Crippen LogP contribution in [-0.2, 0) is 0 Å². The van der Waals surface area contributed by atoms with Gasteiger partial charge in [0.25, 0.3) is 5.91 Å². The van der Waals surface area contributed by atoms with Gasteiger partial charge in [-0.2, -0.15) is 5.26 Å². The van der Waals surface area contributed by atoms with E-state index in [0.717, 1.165) is 12.1 Å². The minimum absolute atomic E-state index is 0.0928. The quantitative estimate of drug-likeness (QED) is 0.890. The maximum Gasteiger partial charge on any atom is 0.256 e. The fourth-order valence-corrected chi connectivity index (χ4v) is 2.82. The molecule has 2 aromatic rings. The number of aromatic nitrogens is 1. The number of likely N-dealkylation sites (tertiary alicyclic amines) is 1. The van der Waals surface area contributed by atoms with E-state index in [1.807, 2.05) is 6.07 Å². The third-order valence-electron chi connectivity index (χ3n) is 3.92. The molecule has 23 heavy (non-hydrogen) atoms. The zero-order valence-electron chi connectivity index (χ0n) is 12.0. The highest BCUT2D eigenvalue weighted by Gasteiger charge is 2.36. The van der Waals surface area contributed by atoms with Crippen molar-refractivity contribution in [1.82, 2.24) is 9.88 Å². The second-order valence-electron chi connectivity index (χ2n) is 5.45. The lowest BCUT2D eigenvalue weighted by molar-refractivity contribution is 0.0715. The van der Waals surface area contributed by atoms with Gasteiger partial charge in [-0.3, -0.25) is 4.79 Å². The molecule has 1 fully saturated rings. The summed E-state index contributed by atoms with van der Waals surface area (Å²) < 4.78 is 26.5. The first-order valence-electron chi connectivity index (χ1n) is 7.02. The van der Waals surface area contributed by atoms with Crippen molar-refractivity contribution in [3.63, 3.8) is 0 Å². The summed E-state index contributed by atoms with van der Waals surface area (Å²) in [6.07, 6.45) is 0.909. The maximum absolute atomic E-state index is 13.4. The molecule has 2 atom stereocenters. The van der Waals surface area contributed by atoms with Gasteiger partial charge in [-0.05, 0) is 30.2 Å². The molecule has 3 rings (SSSR count). The number of hydrogen-bond acceptors (Lipinski definition) is 3. The van der Waals surface area contributed by atoms with E-state index in [1.54, 1.807) is 0 Å². The predicted octanol–water partition coefficient (Wildman–Crippen LogP) is 2.11. The Bertz CT molecular complexity index is 797. The van der Waals surface area contributed by atoms with Gasteiger partial charge in [-0.1, -0.05) is 6.07 Å². The van der Waals surface area contributed by atoms with Gasteiger partial charge < -0.3 is 15.0 Å². The Morgan fingerprint density at radius 1 is 1.35 bits per heavy atom. The molecule has 0 radical (unpaired) electrons. The highest BCUT2D eigenvalue weighted by atomic mass is 19.2. The summed E-state index contributed by atoms with van der Waals surface area (Å²) in [5.74, 6) is -2.34. The largest absolute Gasteiger partial charge is 0.391 e. The molecular weight excluding hydrogens is 304 g/mol. The van der Waals surface area contributed by atoms with Crippen LogP contribution < -0.4 is 0 Å². The molecule has 0 saturated carbocycles. The molecule has 118 valence electrons. The number of nitrogens with zero attached hydrogens (tertiary/aromatic N) is 2. The number of β-amino-alcohol motifs (C(OH)–C–C–N with tert-alkyl or cyclic N) is 1. The second kappa shape index (κ2) is 5.82. The van der Waals surface area contributed by atoms with Gasteiger partial charge in [0.2, 0.25) is 0 Å². The second-order valence-corrected chi connectivity index (χ2v) is 5.45. The molecule has 1 saturated heterocycles. The van der Waals surface area contributed by atoms with Gasteiger partial charge in [0.1, 0.15) is 11.8 Å². The Morgan fingerprint density at radius 2 is 2.13 bits per heavy atom. The molecule has 2 heterocycles. The Balaban J connectivity index is 1.91. The van der Waals surface area contributed by atoms with Crippen molar-refractivity contribution in [1.29, 1.82) is 5.26 Å². The standard InChI is InChI=1S/C16H13F2N3O2/c17-13-2-1-9(4-14(13)18)15-5-12(22)8-21(15)16(23)10-3-11(6-19)20-7-10/h1-4,7,12,15,20,22H,5,8H2/t12-,15+/m0/s1. The minimum Gasteiger partial charge on any atom is -0.391 e. The summed E-state index contributed by atoms with van der Waals surface area (Å²) in [7, 11) is 0. The Kier molecular flexibility index (Phi) is 3.84. The molecule has 1 aromatic heterocycles. The highest BCUT2D eigenvalue weighted by molar-refractivity contribution is 5.95. The fourth-order valence-electron chi connectivity index (χ4n) is 2.82. The number of carbonyl (C=O) groups excluding carboxylic acids is 1. The smallest absolute Gasteiger partial charge is 0.256 e. The predicted molar refractivity (Wildman–Crippen MR) is 76.3 cm³/mol. The number of hydrogen-bond donors (Lipinski definition) is 2. The first-order chi connectivity index (χ1) is 11.0. The van der Waals surface area contributed by atoms with Crippen LogP contribution in [0.25, 0.3) is 0 Å². The number of aliphatic hydroxyl groups excluding tert-OH is 1. The summed E-state index contributed by atoms with van der Waals surface area (Å²) in [5, 5.41) is 18.7. The van der Waals surface area contributed by atoms with Crippen LogP contribution in [-0.4, -0.2) is 33.5 Å². The number of rotatable bonds is 2. The zero-order chi connectivity index (χ0) is 16.6. The molecule has 1 amide bonds. The normalized spacial score (nSPS) is 20.5. The molecular formula is C16H13F2N3O2. The number of carbonyl (C=O) groups is 1. The molecule has 1 aliphatic rings. The lowest BCUT2D eigenvalue weighted by Crippen LogP contribution is -2.31. The van der Waals surface area contributed by atoms with Crippen LogP contribution in [0.4, 0.5) is 8.78 Å². The average Bonchev–Trinajstić information content (AvgIpc) is 3.16. The van der Waals surface area contributed by atoms with Crippen molar-refractivity contribution in [2.24, 2.45) is 0 Å². The first kappa shape index (κ1) is 15.2. The van der Waals surface area contributed by atoms with Crippen LogP contribution in [0.15, 0.2) is 30.5 Å². The van der Waals surface area contributed by atoms with E-state index < -0.39 is 23.8 Å². The van der Waals surface area contributed by atoms with E-state index >= 15 is 0 Å². The van der Waals surface area contributed by atoms with Gasteiger partial charge in [0, 0.05) is 12.7 Å². The first-order valence-corrected chi connectivity index (χ1v) is 7.02. The van der Waals surface area contributed by atoms with Gasteiger partial charge in [0.15, 0.2) is 11.6 Å². The molecule has 0 aliphatic carbocycles. The molecule has 5 nitrogen and oxygen atoms in total. The van der Waals surface area contributed by atoms with E-state index in [1.165, 1.54) is 23.2 Å². The van der Waals surface area contributed by atoms with Crippen LogP contribution in [0.1, 0.15) is 34.1 Å². The summed E-state index contributed by atoms with van der Waals surface area (Å²) >= 11 is 0. The average molecular weight is 317 g/mol. The third kappa shape index (κ3) is 2.81. The Labute approximate surface area is 130 Å². The summed E-state index contributed by atoms with van der Waals surface area (Å²) in [6, 6.07) is 6.20. The molecule has 2 N–H and O–H groups in total. The summed E-state index contributed by atoms with van der Waals surface area (Å²) in [4.78, 5) is 16.6. The molecule has 0 unspecified atom stereocenters. The van der Waals surface area contributed by atoms with E-state index in [0.29, 0.717) is 5.56 Å². The van der Waals surface area contributed by atoms with Crippen LogP contribution in [0.5, 0.6) is 0 Å². The number of amides is 1. The maximum atomic E-state index is 13.4. The number of benzene rings is 1. The summed E-state index contributed by atoms with van der Waals surface area (Å²) in [6.45, 7) is 0.0928. The number of aliphatic hydroxyl groups is 1. The van der Waals surface area contributed by atoms with Crippen LogP contribution in [0, 0.1) is 23.0 Å².